The number of carboxylic acids is 2. The number of carboxylic acid groups (broad SMARTS) is 2. The zero-order valence-corrected chi connectivity index (χ0v) is 7.27. The van der Waals surface area contributed by atoms with Crippen molar-refractivity contribution in [2.75, 3.05) is 19.6 Å². The summed E-state index contributed by atoms with van der Waals surface area (Å²) in [5.74, 6) is -2.05. The highest BCUT2D eigenvalue weighted by atomic mass is 16.4. The standard InChI is InChI=1S/C8H13NO4/c1-2-3-4-9(5-7(10)11)6-8(12)13/h2H,1,3-6H2,(H,10,11)(H,12,13). The molecule has 0 aliphatic heterocycles. The van der Waals surface area contributed by atoms with Gasteiger partial charge in [-0.1, -0.05) is 6.08 Å². The fraction of sp³-hybridized carbons (Fsp3) is 0.500. The summed E-state index contributed by atoms with van der Waals surface area (Å²) in [5, 5.41) is 16.9. The van der Waals surface area contributed by atoms with Crippen LogP contribution in [0.15, 0.2) is 12.7 Å². The average molecular weight is 187 g/mol. The fourth-order valence-corrected chi connectivity index (χ4v) is 0.870. The van der Waals surface area contributed by atoms with E-state index in [0.717, 1.165) is 0 Å². The van der Waals surface area contributed by atoms with Crippen LogP contribution in [0.4, 0.5) is 0 Å². The smallest absolute Gasteiger partial charge is 0.317 e. The van der Waals surface area contributed by atoms with Gasteiger partial charge in [-0.3, -0.25) is 14.5 Å². The molecule has 0 saturated heterocycles. The molecule has 0 aromatic carbocycles. The molecule has 0 radical (unpaired) electrons. The van der Waals surface area contributed by atoms with Gasteiger partial charge in [-0.05, 0) is 6.42 Å². The number of nitrogens with zero attached hydrogens (tertiary/aromatic N) is 1. The second-order valence-corrected chi connectivity index (χ2v) is 2.58. The zero-order valence-electron chi connectivity index (χ0n) is 7.27. The molecule has 5 nitrogen and oxygen atoms in total. The van der Waals surface area contributed by atoms with E-state index < -0.39 is 11.9 Å². The summed E-state index contributed by atoms with van der Waals surface area (Å²) in [6.45, 7) is 3.37. The molecule has 0 aliphatic carbocycles. The van der Waals surface area contributed by atoms with Crippen molar-refractivity contribution < 1.29 is 19.8 Å². The van der Waals surface area contributed by atoms with Crippen LogP contribution in [-0.4, -0.2) is 46.7 Å². The minimum atomic E-state index is -1.02. The van der Waals surface area contributed by atoms with Crippen molar-refractivity contribution in [2.24, 2.45) is 0 Å². The molecule has 0 aliphatic rings. The summed E-state index contributed by atoms with van der Waals surface area (Å²) in [6.07, 6.45) is 2.21. The molecule has 74 valence electrons. The van der Waals surface area contributed by atoms with Gasteiger partial charge in [0.25, 0.3) is 0 Å². The van der Waals surface area contributed by atoms with E-state index >= 15 is 0 Å². The van der Waals surface area contributed by atoms with Gasteiger partial charge in [-0.2, -0.15) is 0 Å². The first-order valence-corrected chi connectivity index (χ1v) is 3.83. The van der Waals surface area contributed by atoms with E-state index in [1.807, 2.05) is 0 Å². The Morgan fingerprint density at radius 3 is 2.00 bits per heavy atom. The molecule has 0 heterocycles. The minimum Gasteiger partial charge on any atom is -0.480 e. The second kappa shape index (κ2) is 6.19. The molecular weight excluding hydrogens is 174 g/mol. The maximum atomic E-state index is 10.3. The van der Waals surface area contributed by atoms with E-state index in [1.165, 1.54) is 4.90 Å². The summed E-state index contributed by atoms with van der Waals surface area (Å²) >= 11 is 0. The normalized spacial score (nSPS) is 9.92. The van der Waals surface area contributed by atoms with E-state index in [2.05, 4.69) is 6.58 Å². The quantitative estimate of drug-likeness (QED) is 0.550. The maximum absolute atomic E-state index is 10.3. The SMILES string of the molecule is C=CCCN(CC(=O)O)CC(=O)O. The number of hydrogen-bond donors (Lipinski definition) is 2. The predicted octanol–water partition coefficient (Wildman–Crippen LogP) is 0.0337. The molecule has 2 N–H and O–H groups in total. The van der Waals surface area contributed by atoms with Crippen LogP contribution in [0.1, 0.15) is 6.42 Å². The van der Waals surface area contributed by atoms with Crippen molar-refractivity contribution in [2.45, 2.75) is 6.42 Å². The van der Waals surface area contributed by atoms with Crippen molar-refractivity contribution in [1.29, 1.82) is 0 Å². The van der Waals surface area contributed by atoms with Crippen LogP contribution in [-0.2, 0) is 9.59 Å². The Morgan fingerprint density at radius 2 is 1.69 bits per heavy atom. The number of hydrogen-bond acceptors (Lipinski definition) is 3. The van der Waals surface area contributed by atoms with Gasteiger partial charge in [0.05, 0.1) is 13.1 Å². The lowest BCUT2D eigenvalue weighted by Crippen LogP contribution is -2.35. The summed E-state index contributed by atoms with van der Waals surface area (Å²) in [4.78, 5) is 21.9. The second-order valence-electron chi connectivity index (χ2n) is 2.58. The third-order valence-electron chi connectivity index (χ3n) is 1.37. The molecular formula is C8H13NO4. The number of aliphatic carboxylic acids is 2. The molecule has 0 saturated carbocycles. The van der Waals surface area contributed by atoms with Crippen molar-refractivity contribution in [3.63, 3.8) is 0 Å². The van der Waals surface area contributed by atoms with Crippen LogP contribution >= 0.6 is 0 Å². The lowest BCUT2D eigenvalue weighted by Gasteiger charge is -2.16. The van der Waals surface area contributed by atoms with E-state index in [-0.39, 0.29) is 13.1 Å². The van der Waals surface area contributed by atoms with E-state index in [1.54, 1.807) is 6.08 Å². The molecule has 0 bridgehead atoms. The Kier molecular flexibility index (Phi) is 5.54. The first kappa shape index (κ1) is 11.6. The monoisotopic (exact) mass is 187 g/mol. The molecule has 5 heteroatoms. The Bertz CT molecular complexity index is 186. The highest BCUT2D eigenvalue weighted by Crippen LogP contribution is 1.92. The largest absolute Gasteiger partial charge is 0.480 e. The molecule has 0 aromatic heterocycles. The zero-order chi connectivity index (χ0) is 10.3. The third kappa shape index (κ3) is 7.02. The molecule has 0 amide bonds. The van der Waals surface area contributed by atoms with E-state index in [4.69, 9.17) is 10.2 Å². The Balaban J connectivity index is 3.93. The summed E-state index contributed by atoms with van der Waals surface area (Å²) in [5.41, 5.74) is 0. The van der Waals surface area contributed by atoms with Gasteiger partial charge in [0.15, 0.2) is 0 Å². The van der Waals surface area contributed by atoms with Gasteiger partial charge < -0.3 is 10.2 Å². The Hall–Kier alpha value is -1.36. The van der Waals surface area contributed by atoms with Crippen molar-refractivity contribution in [1.82, 2.24) is 4.90 Å². The van der Waals surface area contributed by atoms with Gasteiger partial charge in [0.2, 0.25) is 0 Å². The number of carbonyl (C=O) groups is 2. The average Bonchev–Trinajstić information content (AvgIpc) is 1.98. The van der Waals surface area contributed by atoms with Crippen molar-refractivity contribution in [3.8, 4) is 0 Å². The summed E-state index contributed by atoms with van der Waals surface area (Å²) < 4.78 is 0. The van der Waals surface area contributed by atoms with Gasteiger partial charge in [0.1, 0.15) is 0 Å². The summed E-state index contributed by atoms with van der Waals surface area (Å²) in [7, 11) is 0. The topological polar surface area (TPSA) is 77.8 Å². The molecule has 13 heavy (non-hydrogen) atoms. The summed E-state index contributed by atoms with van der Waals surface area (Å²) in [6, 6.07) is 0. The first-order valence-electron chi connectivity index (χ1n) is 3.83. The van der Waals surface area contributed by atoms with Crippen LogP contribution in [0.2, 0.25) is 0 Å². The van der Waals surface area contributed by atoms with Crippen molar-refractivity contribution >= 4 is 11.9 Å². The Morgan fingerprint density at radius 1 is 1.23 bits per heavy atom. The van der Waals surface area contributed by atoms with Crippen LogP contribution in [0, 0.1) is 0 Å². The van der Waals surface area contributed by atoms with Crippen LogP contribution < -0.4 is 0 Å². The lowest BCUT2D eigenvalue weighted by molar-refractivity contribution is -0.141. The first-order chi connectivity index (χ1) is 6.06. The van der Waals surface area contributed by atoms with Crippen molar-refractivity contribution in [3.05, 3.63) is 12.7 Å². The minimum absolute atomic E-state index is 0.250. The predicted molar refractivity (Wildman–Crippen MR) is 46.5 cm³/mol. The molecule has 0 atom stereocenters. The molecule has 0 fully saturated rings. The van der Waals surface area contributed by atoms with Crippen LogP contribution in [0.5, 0.6) is 0 Å². The molecule has 0 unspecified atom stereocenters. The number of rotatable bonds is 7. The highest BCUT2D eigenvalue weighted by Gasteiger charge is 2.11. The fourth-order valence-electron chi connectivity index (χ4n) is 0.870. The highest BCUT2D eigenvalue weighted by molar-refractivity contribution is 5.72. The molecule has 0 aromatic rings. The van der Waals surface area contributed by atoms with E-state index in [9.17, 15) is 9.59 Å². The van der Waals surface area contributed by atoms with E-state index in [0.29, 0.717) is 13.0 Å². The lowest BCUT2D eigenvalue weighted by atomic mass is 10.3. The van der Waals surface area contributed by atoms with Gasteiger partial charge in [0, 0.05) is 6.54 Å². The van der Waals surface area contributed by atoms with Gasteiger partial charge in [-0.25, -0.2) is 0 Å². The molecule has 0 spiro atoms. The van der Waals surface area contributed by atoms with Gasteiger partial charge in [-0.15, -0.1) is 6.58 Å². The van der Waals surface area contributed by atoms with Crippen LogP contribution in [0.3, 0.4) is 0 Å². The van der Waals surface area contributed by atoms with Crippen LogP contribution in [0.25, 0.3) is 0 Å². The maximum Gasteiger partial charge on any atom is 0.317 e. The molecule has 0 rings (SSSR count). The Labute approximate surface area is 76.3 Å². The van der Waals surface area contributed by atoms with Gasteiger partial charge >= 0.3 is 11.9 Å². The third-order valence-corrected chi connectivity index (χ3v) is 1.37.